The van der Waals surface area contributed by atoms with E-state index in [1.54, 1.807) is 0 Å². The van der Waals surface area contributed by atoms with Gasteiger partial charge in [-0.1, -0.05) is 0 Å². The minimum absolute atomic E-state index is 0.236. The van der Waals surface area contributed by atoms with Crippen LogP contribution in [0.5, 0.6) is 0 Å². The Morgan fingerprint density at radius 1 is 1.27 bits per heavy atom. The van der Waals surface area contributed by atoms with E-state index in [0.29, 0.717) is 17.1 Å². The number of hydrogen-bond donors (Lipinski definition) is 1. The number of fused-ring (bicyclic) bond motifs is 1. The fourth-order valence-corrected chi connectivity index (χ4v) is 1.79. The van der Waals surface area contributed by atoms with Gasteiger partial charge in [-0.15, -0.1) is 0 Å². The number of H-pyrrole nitrogens is 1. The number of nitrogens with zero attached hydrogens (tertiary/aromatic N) is 4. The highest BCUT2D eigenvalue weighted by atomic mass is 16.6. The van der Waals surface area contributed by atoms with Gasteiger partial charge in [0.05, 0.1) is 0 Å². The number of rotatable bonds is 1. The topological polar surface area (TPSA) is 87.9 Å². The molecule has 0 aliphatic carbocycles. The van der Waals surface area contributed by atoms with E-state index in [2.05, 4.69) is 24.9 Å². The number of aromatic nitrogens is 4. The number of anilines is 1. The summed E-state index contributed by atoms with van der Waals surface area (Å²) in [6.07, 6.45) is 2.19. The van der Waals surface area contributed by atoms with Crippen LogP contribution in [-0.2, 0) is 0 Å². The molecule has 0 unspecified atom stereocenters. The van der Waals surface area contributed by atoms with Gasteiger partial charge in [-0.3, -0.25) is 9.78 Å². The van der Waals surface area contributed by atoms with Crippen LogP contribution in [0.4, 0.5) is 5.82 Å². The van der Waals surface area contributed by atoms with Crippen molar-refractivity contribution in [3.05, 3.63) is 10.4 Å². The summed E-state index contributed by atoms with van der Waals surface area (Å²) in [6, 6.07) is 0. The molecule has 1 aliphatic heterocycles. The normalized spacial score (nSPS) is 16.4. The summed E-state index contributed by atoms with van der Waals surface area (Å²) in [7, 11) is 0. The van der Waals surface area contributed by atoms with Crippen LogP contribution in [0.2, 0.25) is 0 Å². The second-order valence-electron chi connectivity index (χ2n) is 3.52. The molecule has 7 heteroatoms. The van der Waals surface area contributed by atoms with Gasteiger partial charge < -0.3 is 4.90 Å². The van der Waals surface area contributed by atoms with Gasteiger partial charge in [0, 0.05) is 13.1 Å². The van der Waals surface area contributed by atoms with E-state index in [9.17, 15) is 4.79 Å². The van der Waals surface area contributed by atoms with E-state index in [1.165, 1.54) is 0 Å². The quantitative estimate of drug-likeness (QED) is 0.702. The van der Waals surface area contributed by atoms with Crippen molar-refractivity contribution in [3.8, 4) is 0 Å². The Morgan fingerprint density at radius 3 is 2.87 bits per heavy atom. The van der Waals surface area contributed by atoms with Crippen LogP contribution in [0.25, 0.3) is 11.3 Å². The van der Waals surface area contributed by atoms with E-state index in [4.69, 9.17) is 0 Å². The predicted molar refractivity (Wildman–Crippen MR) is 51.7 cm³/mol. The van der Waals surface area contributed by atoms with Crippen molar-refractivity contribution < 1.29 is 4.63 Å². The molecule has 0 radical (unpaired) electrons. The molecule has 0 atom stereocenters. The highest BCUT2D eigenvalue weighted by molar-refractivity contribution is 5.65. The number of aromatic amines is 1. The van der Waals surface area contributed by atoms with Gasteiger partial charge >= 0.3 is 0 Å². The predicted octanol–water partition coefficient (Wildman–Crippen LogP) is -0.0937. The third-order valence-electron chi connectivity index (χ3n) is 2.52. The van der Waals surface area contributed by atoms with Gasteiger partial charge in [-0.25, -0.2) is 4.63 Å². The van der Waals surface area contributed by atoms with Crippen LogP contribution < -0.4 is 10.5 Å². The van der Waals surface area contributed by atoms with Crippen LogP contribution in [0, 0.1) is 0 Å². The Balaban J connectivity index is 2.16. The highest BCUT2D eigenvalue weighted by Gasteiger charge is 2.18. The van der Waals surface area contributed by atoms with Crippen LogP contribution >= 0.6 is 0 Å². The van der Waals surface area contributed by atoms with Crippen LogP contribution in [-0.4, -0.2) is 33.4 Å². The largest absolute Gasteiger partial charge is 0.352 e. The molecule has 15 heavy (non-hydrogen) atoms. The molecule has 1 N–H and O–H groups in total. The maximum Gasteiger partial charge on any atom is 0.292 e. The second kappa shape index (κ2) is 3.04. The zero-order valence-corrected chi connectivity index (χ0v) is 7.93. The maximum atomic E-state index is 11.6. The van der Waals surface area contributed by atoms with Gasteiger partial charge in [0.25, 0.3) is 5.56 Å². The Hall–Kier alpha value is -1.92. The first-order valence-electron chi connectivity index (χ1n) is 4.82. The lowest BCUT2D eigenvalue weighted by Crippen LogP contribution is -2.27. The summed E-state index contributed by atoms with van der Waals surface area (Å²) >= 11 is 0. The molecule has 2 aromatic rings. The molecule has 3 rings (SSSR count). The van der Waals surface area contributed by atoms with Crippen LogP contribution in [0.15, 0.2) is 9.42 Å². The minimum Gasteiger partial charge on any atom is -0.352 e. The molecule has 0 aromatic carbocycles. The summed E-state index contributed by atoms with van der Waals surface area (Å²) in [6.45, 7) is 1.74. The van der Waals surface area contributed by atoms with E-state index < -0.39 is 0 Å². The molecule has 1 saturated heterocycles. The molecule has 2 aromatic heterocycles. The van der Waals surface area contributed by atoms with Crippen molar-refractivity contribution in [2.75, 3.05) is 18.0 Å². The Labute approximate surface area is 84.1 Å². The summed E-state index contributed by atoms with van der Waals surface area (Å²) in [4.78, 5) is 20.3. The average molecular weight is 207 g/mol. The van der Waals surface area contributed by atoms with Crippen molar-refractivity contribution in [3.63, 3.8) is 0 Å². The van der Waals surface area contributed by atoms with Crippen molar-refractivity contribution in [1.82, 2.24) is 20.3 Å². The van der Waals surface area contributed by atoms with Gasteiger partial charge in [-0.05, 0) is 23.2 Å². The van der Waals surface area contributed by atoms with Crippen molar-refractivity contribution in [2.45, 2.75) is 12.8 Å². The van der Waals surface area contributed by atoms with Crippen LogP contribution in [0.3, 0.4) is 0 Å². The SMILES string of the molecule is O=c1[nH]c2nonc2nc1N1CCCC1. The molecule has 0 bridgehead atoms. The zero-order chi connectivity index (χ0) is 10.3. The fraction of sp³-hybridized carbons (Fsp3) is 0.500. The molecule has 0 spiro atoms. The molecule has 1 fully saturated rings. The lowest BCUT2D eigenvalue weighted by molar-refractivity contribution is 0.314. The summed E-state index contributed by atoms with van der Waals surface area (Å²) < 4.78 is 4.49. The molecule has 0 amide bonds. The maximum absolute atomic E-state index is 11.6. The summed E-state index contributed by atoms with van der Waals surface area (Å²) in [5, 5.41) is 7.12. The van der Waals surface area contributed by atoms with Gasteiger partial charge in [0.2, 0.25) is 11.3 Å². The van der Waals surface area contributed by atoms with Crippen LogP contribution in [0.1, 0.15) is 12.8 Å². The first kappa shape index (κ1) is 8.39. The van der Waals surface area contributed by atoms with Crippen molar-refractivity contribution >= 4 is 17.1 Å². The molecule has 0 saturated carbocycles. The van der Waals surface area contributed by atoms with Crippen molar-refractivity contribution in [1.29, 1.82) is 0 Å². The Kier molecular flexibility index (Phi) is 1.70. The number of hydrogen-bond acceptors (Lipinski definition) is 6. The lowest BCUT2D eigenvalue weighted by atomic mass is 10.4. The minimum atomic E-state index is -0.236. The Bertz CT molecular complexity index is 539. The average Bonchev–Trinajstić information content (AvgIpc) is 2.85. The number of nitrogens with one attached hydrogen (secondary N) is 1. The molecule has 3 heterocycles. The third-order valence-corrected chi connectivity index (χ3v) is 2.52. The molecule has 78 valence electrons. The third kappa shape index (κ3) is 1.27. The van der Waals surface area contributed by atoms with E-state index in [-0.39, 0.29) is 5.56 Å². The first-order chi connectivity index (χ1) is 7.34. The van der Waals surface area contributed by atoms with Gasteiger partial charge in [-0.2, -0.15) is 4.98 Å². The molecule has 7 nitrogen and oxygen atoms in total. The zero-order valence-electron chi connectivity index (χ0n) is 7.93. The smallest absolute Gasteiger partial charge is 0.292 e. The molecular weight excluding hydrogens is 198 g/mol. The fourth-order valence-electron chi connectivity index (χ4n) is 1.79. The van der Waals surface area contributed by atoms with E-state index in [0.717, 1.165) is 25.9 Å². The van der Waals surface area contributed by atoms with Gasteiger partial charge in [0.15, 0.2) is 5.82 Å². The standard InChI is InChI=1S/C8H9N5O2/c14-8-7(13-3-1-2-4-13)9-5-6(10-8)12-15-11-5/h1-4H2,(H,10,12,14). The van der Waals surface area contributed by atoms with Gasteiger partial charge in [0.1, 0.15) is 0 Å². The molecular formula is C8H9N5O2. The highest BCUT2D eigenvalue weighted by Crippen LogP contribution is 2.14. The molecule has 1 aliphatic rings. The lowest BCUT2D eigenvalue weighted by Gasteiger charge is -2.13. The van der Waals surface area contributed by atoms with E-state index in [1.807, 2.05) is 4.90 Å². The first-order valence-corrected chi connectivity index (χ1v) is 4.82. The Morgan fingerprint density at radius 2 is 2.07 bits per heavy atom. The monoisotopic (exact) mass is 207 g/mol. The summed E-state index contributed by atoms with van der Waals surface area (Å²) in [5.41, 5.74) is 0.402. The second-order valence-corrected chi connectivity index (χ2v) is 3.52. The van der Waals surface area contributed by atoms with E-state index >= 15 is 0 Å². The summed E-state index contributed by atoms with van der Waals surface area (Å²) in [5.74, 6) is 0.413. The van der Waals surface area contributed by atoms with Crippen molar-refractivity contribution in [2.24, 2.45) is 0 Å².